The van der Waals surface area contributed by atoms with E-state index in [-0.39, 0.29) is 35.5 Å². The van der Waals surface area contributed by atoms with E-state index in [0.717, 1.165) is 16.8 Å². The van der Waals surface area contributed by atoms with Crippen molar-refractivity contribution >= 4 is 23.0 Å². The van der Waals surface area contributed by atoms with Crippen molar-refractivity contribution in [2.45, 2.75) is 13.8 Å². The first-order valence-corrected chi connectivity index (χ1v) is 8.79. The topological polar surface area (TPSA) is 50.1 Å². The predicted molar refractivity (Wildman–Crippen MR) is 104 cm³/mol. The first-order chi connectivity index (χ1) is 13.0. The monoisotopic (exact) mass is 482 g/mol. The van der Waals surface area contributed by atoms with Crippen LogP contribution in [0.15, 0.2) is 78.8 Å². The number of hydrogen-bond donors (Lipinski definition) is 1. The highest BCUT2D eigenvalue weighted by Gasteiger charge is 2.38. The fourth-order valence-electron chi connectivity index (χ4n) is 3.43. The number of aromatic nitrogens is 1. The first-order valence-electron chi connectivity index (χ1n) is 8.79. The quantitative estimate of drug-likeness (QED) is 0.447. The van der Waals surface area contributed by atoms with Gasteiger partial charge in [0.1, 0.15) is 0 Å². The van der Waals surface area contributed by atoms with Gasteiger partial charge in [-0.2, -0.15) is 4.57 Å². The smallest absolute Gasteiger partial charge is 0.286 e. The Morgan fingerprint density at radius 3 is 1.89 bits per heavy atom. The number of benzene rings is 2. The van der Waals surface area contributed by atoms with E-state index in [1.165, 1.54) is 0 Å². The summed E-state index contributed by atoms with van der Waals surface area (Å²) in [5.74, 6) is -0.352. The number of para-hydroxylation sites is 1. The van der Waals surface area contributed by atoms with Crippen molar-refractivity contribution in [2.75, 3.05) is 5.32 Å². The number of Topliss-reactive ketones (excluding diaryl/α,β-unsaturated/α-hetero) is 2. The fourth-order valence-corrected chi connectivity index (χ4v) is 3.43. The molecule has 2 aromatic carbocycles. The Labute approximate surface area is 180 Å². The number of nitrogens with one attached hydrogen (secondary N) is 1. The summed E-state index contributed by atoms with van der Waals surface area (Å²) in [4.78, 5) is 26.5. The second-order valence-corrected chi connectivity index (χ2v) is 6.72. The molecular weight excluding hydrogens is 463 g/mol. The van der Waals surface area contributed by atoms with E-state index in [9.17, 15) is 9.59 Å². The molecule has 1 aliphatic carbocycles. The maximum absolute atomic E-state index is 13.3. The molecule has 3 aromatic rings. The Kier molecular flexibility index (Phi) is 5.74. The van der Waals surface area contributed by atoms with Crippen LogP contribution in [0, 0.1) is 13.8 Å². The maximum atomic E-state index is 13.3. The van der Waals surface area contributed by atoms with Gasteiger partial charge in [-0.1, -0.05) is 42.5 Å². The number of nitrogens with zero attached hydrogens (tertiary/aromatic N) is 1. The number of aryl methyl sites for hydroxylation is 2. The van der Waals surface area contributed by atoms with Crippen LogP contribution in [0.4, 0.5) is 5.69 Å². The zero-order valence-corrected chi connectivity index (χ0v) is 17.7. The van der Waals surface area contributed by atoms with Gasteiger partial charge in [0.05, 0.1) is 0 Å². The Morgan fingerprint density at radius 1 is 0.750 bits per heavy atom. The third-order valence-corrected chi connectivity index (χ3v) is 4.54. The highest BCUT2D eigenvalue weighted by Crippen LogP contribution is 2.27. The average Bonchev–Trinajstić information content (AvgIpc) is 2.66. The van der Waals surface area contributed by atoms with Gasteiger partial charge in [-0.15, -0.1) is 0 Å². The molecule has 28 heavy (non-hydrogen) atoms. The number of halogens is 1. The number of rotatable bonds is 3. The predicted octanol–water partition coefficient (Wildman–Crippen LogP) is 0.955. The van der Waals surface area contributed by atoms with Gasteiger partial charge in [-0.25, -0.2) is 0 Å². The van der Waals surface area contributed by atoms with Crippen LogP contribution in [0.25, 0.3) is 5.70 Å². The van der Waals surface area contributed by atoms with Crippen molar-refractivity contribution < 1.29 is 38.1 Å². The van der Waals surface area contributed by atoms with E-state index >= 15 is 0 Å². The van der Waals surface area contributed by atoms with Crippen molar-refractivity contribution in [3.8, 4) is 0 Å². The number of allylic oxidation sites excluding steroid dienone is 2. The minimum atomic E-state index is -0.185. The number of ketones is 2. The Morgan fingerprint density at radius 2 is 1.29 bits per heavy atom. The molecule has 0 fully saturated rings. The maximum Gasteiger partial charge on any atom is 0.286 e. The van der Waals surface area contributed by atoms with Gasteiger partial charge in [0.2, 0.25) is 5.78 Å². The summed E-state index contributed by atoms with van der Waals surface area (Å²) in [7, 11) is 0. The van der Waals surface area contributed by atoms with Crippen molar-refractivity contribution in [2.24, 2.45) is 0 Å². The third-order valence-electron chi connectivity index (χ3n) is 4.54. The summed E-state index contributed by atoms with van der Waals surface area (Å²) in [6, 6.07) is 18.4. The van der Waals surface area contributed by atoms with Crippen molar-refractivity contribution in [3.05, 3.63) is 101 Å². The largest absolute Gasteiger partial charge is 1.00 e. The van der Waals surface area contributed by atoms with E-state index in [0.29, 0.717) is 22.5 Å². The minimum absolute atomic E-state index is 0. The van der Waals surface area contributed by atoms with Crippen LogP contribution in [-0.2, 0) is 0 Å². The number of hydrogen-bond acceptors (Lipinski definition) is 3. The Bertz CT molecular complexity index is 1080. The molecule has 5 heteroatoms. The molecule has 0 saturated heterocycles. The van der Waals surface area contributed by atoms with Gasteiger partial charge in [-0.3, -0.25) is 9.59 Å². The molecule has 0 atom stereocenters. The minimum Gasteiger partial charge on any atom is -1.00 e. The molecule has 4 nitrogen and oxygen atoms in total. The summed E-state index contributed by atoms with van der Waals surface area (Å²) in [6.45, 7) is 3.94. The lowest BCUT2D eigenvalue weighted by Crippen LogP contribution is -3.00. The lowest BCUT2D eigenvalue weighted by Gasteiger charge is -2.18. The molecule has 0 saturated carbocycles. The normalized spacial score (nSPS) is 13.1. The Hall–Kier alpha value is -2.80. The second kappa shape index (κ2) is 8.06. The zero-order valence-electron chi connectivity index (χ0n) is 15.6. The van der Waals surface area contributed by atoms with E-state index < -0.39 is 0 Å². The standard InChI is InChI=1S/C23H18N2O2.HI/c1-15-12-16(2)14-25(13-15)21-20(24-17-8-4-3-5-9-17)22(26)18-10-6-7-11-19(18)23(21)27;/h3-14H,1-2H3;1H. The van der Waals surface area contributed by atoms with Crippen LogP contribution in [0.1, 0.15) is 31.8 Å². The van der Waals surface area contributed by atoms with Gasteiger partial charge in [0.15, 0.2) is 18.1 Å². The Balaban J connectivity index is 0.00000225. The van der Waals surface area contributed by atoms with Crippen LogP contribution in [0.2, 0.25) is 0 Å². The van der Waals surface area contributed by atoms with Crippen LogP contribution < -0.4 is 33.9 Å². The number of anilines is 1. The van der Waals surface area contributed by atoms with Crippen LogP contribution in [0.5, 0.6) is 0 Å². The number of carbonyl (C=O) groups excluding carboxylic acids is 2. The van der Waals surface area contributed by atoms with E-state index in [2.05, 4.69) is 5.32 Å². The van der Waals surface area contributed by atoms with Crippen molar-refractivity contribution in [1.29, 1.82) is 0 Å². The van der Waals surface area contributed by atoms with E-state index in [4.69, 9.17) is 0 Å². The van der Waals surface area contributed by atoms with Crippen molar-refractivity contribution in [3.63, 3.8) is 0 Å². The molecule has 0 bridgehead atoms. The van der Waals surface area contributed by atoms with Gasteiger partial charge in [-0.05, 0) is 32.0 Å². The van der Waals surface area contributed by atoms with Gasteiger partial charge < -0.3 is 29.3 Å². The highest BCUT2D eigenvalue weighted by molar-refractivity contribution is 6.36. The zero-order chi connectivity index (χ0) is 19.0. The van der Waals surface area contributed by atoms with E-state index in [1.807, 2.05) is 62.6 Å². The molecule has 0 spiro atoms. The number of fused-ring (bicyclic) bond motifs is 1. The second-order valence-electron chi connectivity index (χ2n) is 6.72. The lowest BCUT2D eigenvalue weighted by atomic mass is 9.90. The summed E-state index contributed by atoms with van der Waals surface area (Å²) in [6.07, 6.45) is 3.74. The third kappa shape index (κ3) is 3.62. The summed E-state index contributed by atoms with van der Waals surface area (Å²) >= 11 is 0. The molecule has 0 amide bonds. The SMILES string of the molecule is Cc1cc(C)c[n+](C2=C(Nc3ccccc3)C(=O)c3ccccc3C2=O)c1.[I-]. The molecule has 0 radical (unpaired) electrons. The van der Waals surface area contributed by atoms with Gasteiger partial charge in [0, 0.05) is 27.9 Å². The molecule has 1 heterocycles. The molecule has 4 rings (SSSR count). The van der Waals surface area contributed by atoms with Crippen LogP contribution >= 0.6 is 0 Å². The number of carbonyl (C=O) groups is 2. The fraction of sp³-hybridized carbons (Fsp3) is 0.0870. The molecule has 140 valence electrons. The summed E-state index contributed by atoms with van der Waals surface area (Å²) < 4.78 is 1.76. The van der Waals surface area contributed by atoms with Gasteiger partial charge >= 0.3 is 0 Å². The molecule has 1 aromatic heterocycles. The lowest BCUT2D eigenvalue weighted by molar-refractivity contribution is -0.578. The molecule has 0 aliphatic heterocycles. The summed E-state index contributed by atoms with van der Waals surface area (Å²) in [5.41, 5.74) is 4.28. The molecule has 1 N–H and O–H groups in total. The van der Waals surface area contributed by atoms with E-state index in [1.54, 1.807) is 28.8 Å². The number of pyridine rings is 1. The first kappa shape index (κ1) is 19.9. The van der Waals surface area contributed by atoms with Crippen LogP contribution in [-0.4, -0.2) is 11.6 Å². The van der Waals surface area contributed by atoms with Crippen LogP contribution in [0.3, 0.4) is 0 Å². The van der Waals surface area contributed by atoms with Gasteiger partial charge in [0.25, 0.3) is 11.5 Å². The highest BCUT2D eigenvalue weighted by atomic mass is 127. The summed E-state index contributed by atoms with van der Waals surface area (Å²) in [5, 5.41) is 3.18. The average molecular weight is 482 g/mol. The molecular formula is C23H19IN2O2. The molecule has 1 aliphatic rings. The molecule has 0 unspecified atom stereocenters. The van der Waals surface area contributed by atoms with Crippen molar-refractivity contribution in [1.82, 2.24) is 0 Å².